The molecule has 8 rings (SSSR count). The Kier molecular flexibility index (Phi) is 14.9. The molecular weight excluding hydrogens is 843 g/mol. The number of aliphatic hydroxyl groups excluding tert-OH is 2. The van der Waals surface area contributed by atoms with Crippen LogP contribution in [0.5, 0.6) is 0 Å². The Balaban J connectivity index is 1.09. The number of aromatic nitrogens is 6. The highest BCUT2D eigenvalue weighted by molar-refractivity contribution is 5.98. The van der Waals surface area contributed by atoms with E-state index in [-0.39, 0.29) is 43.3 Å². The zero-order valence-corrected chi connectivity index (χ0v) is 38.5. The predicted octanol–water partition coefficient (Wildman–Crippen LogP) is 2.82. The van der Waals surface area contributed by atoms with Crippen molar-refractivity contribution in [1.29, 1.82) is 0 Å². The topological polar surface area (TPSA) is 216 Å². The zero-order chi connectivity index (χ0) is 46.1. The molecule has 4 aliphatic heterocycles. The maximum atomic E-state index is 14.7. The number of ketones is 1. The van der Waals surface area contributed by atoms with Crippen molar-refractivity contribution >= 4 is 22.8 Å². The minimum Gasteiger partial charge on any atom is -0.462 e. The summed E-state index contributed by atoms with van der Waals surface area (Å²) in [6.07, 6.45) is -0.378. The van der Waals surface area contributed by atoms with E-state index in [9.17, 15) is 19.8 Å². The van der Waals surface area contributed by atoms with Gasteiger partial charge in [-0.25, -0.2) is 4.68 Å². The van der Waals surface area contributed by atoms with Gasteiger partial charge in [-0.05, 0) is 71.7 Å². The van der Waals surface area contributed by atoms with Crippen LogP contribution in [0.2, 0.25) is 0 Å². The van der Waals surface area contributed by atoms with E-state index in [1.165, 1.54) is 14.2 Å². The quantitative estimate of drug-likeness (QED) is 0.176. The van der Waals surface area contributed by atoms with E-state index in [1.807, 2.05) is 82.4 Å². The van der Waals surface area contributed by atoms with E-state index in [0.717, 1.165) is 16.6 Å². The van der Waals surface area contributed by atoms with E-state index in [4.69, 9.17) is 37.9 Å². The fourth-order valence-electron chi connectivity index (χ4n) is 10.3. The van der Waals surface area contributed by atoms with Crippen molar-refractivity contribution in [2.24, 2.45) is 23.7 Å². The molecule has 0 bridgehead atoms. The number of aliphatic hydroxyl groups is 2. The van der Waals surface area contributed by atoms with Crippen molar-refractivity contribution in [3.63, 3.8) is 0 Å². The zero-order valence-electron chi connectivity index (χ0n) is 38.5. The molecule has 8 unspecified atom stereocenters. The number of epoxide rings is 1. The molecule has 2 N–H and O–H groups in total. The molecule has 1 aliphatic carbocycles. The van der Waals surface area contributed by atoms with Crippen LogP contribution in [0.3, 0.4) is 0 Å². The number of nitrogens with zero attached hydrogens (tertiary/aromatic N) is 7. The van der Waals surface area contributed by atoms with Crippen LogP contribution in [-0.4, -0.2) is 166 Å². The standard InChI is InChI=1S/C46H65N7O12/c1-9-34-28(23-60-45-43(59-8)42(58-7)38(56)26(4)61-45)18-24(2)19-31-30(14-15-35(54)62-34)40(63-44-39(57)36(51(5)6)41-46(64-41)65-44)27(20-25(3)37(31)55)16-17-52-21-29(47-49-52)22-53-33-13-11-10-12-32(33)48-50-53/h10-13,18-19,21,25-28,30,34,36,38-46,56-57H,9,14-17,20,22-23H2,1-8H3/b24-18+,31-19+/t25-,26?,27+,28-,30-,34-,36?,38?,39?,40+,41?,42?,43?,44-,45?,46+/m1/s1. The molecule has 0 spiro atoms. The smallest absolute Gasteiger partial charge is 0.306 e. The second-order valence-corrected chi connectivity index (χ2v) is 18.5. The Morgan fingerprint density at radius 1 is 0.954 bits per heavy atom. The van der Waals surface area contributed by atoms with Gasteiger partial charge in [0.25, 0.3) is 0 Å². The molecule has 2 aromatic heterocycles. The van der Waals surface area contributed by atoms with Gasteiger partial charge in [-0.1, -0.05) is 54.1 Å². The van der Waals surface area contributed by atoms with Crippen LogP contribution in [0.25, 0.3) is 11.0 Å². The second kappa shape index (κ2) is 20.5. The predicted molar refractivity (Wildman–Crippen MR) is 232 cm³/mol. The van der Waals surface area contributed by atoms with Gasteiger partial charge in [-0.2, -0.15) is 0 Å². The summed E-state index contributed by atoms with van der Waals surface area (Å²) in [6.45, 7) is 8.50. The third-order valence-corrected chi connectivity index (χ3v) is 13.7. The summed E-state index contributed by atoms with van der Waals surface area (Å²) >= 11 is 0. The maximum Gasteiger partial charge on any atom is 0.306 e. The molecule has 3 saturated heterocycles. The Labute approximate surface area is 379 Å². The van der Waals surface area contributed by atoms with Crippen LogP contribution in [0.1, 0.15) is 65.5 Å². The van der Waals surface area contributed by atoms with Crippen LogP contribution in [-0.2, 0) is 60.6 Å². The number of hydrogen-bond acceptors (Lipinski definition) is 17. The number of hydrogen-bond donors (Lipinski definition) is 2. The lowest BCUT2D eigenvalue weighted by Gasteiger charge is -2.42. The Bertz CT molecular complexity index is 2180. The highest BCUT2D eigenvalue weighted by Crippen LogP contribution is 2.44. The summed E-state index contributed by atoms with van der Waals surface area (Å²) in [7, 11) is 6.78. The summed E-state index contributed by atoms with van der Waals surface area (Å²) in [5.41, 5.74) is 3.73. The first-order valence-electron chi connectivity index (χ1n) is 22.9. The number of esters is 1. The number of Topliss-reactive ketones (excluding diaryl/α,β-unsaturated/α-hetero) is 1. The highest BCUT2D eigenvalue weighted by Gasteiger charge is 2.59. The summed E-state index contributed by atoms with van der Waals surface area (Å²) < 4.78 is 52.5. The van der Waals surface area contributed by atoms with Crippen LogP contribution in [0.4, 0.5) is 0 Å². The fraction of sp³-hybridized carbons (Fsp3) is 0.696. The average Bonchev–Trinajstić information content (AvgIpc) is 3.74. The molecule has 3 aromatic rings. The lowest BCUT2D eigenvalue weighted by atomic mass is 9.81. The summed E-state index contributed by atoms with van der Waals surface area (Å²) in [5, 5.41) is 40.0. The number of carbonyl (C=O) groups excluding carboxylic acids is 2. The lowest BCUT2D eigenvalue weighted by Crippen LogP contribution is -2.59. The normalized spacial score (nSPS) is 38.4. The first-order valence-corrected chi connectivity index (χ1v) is 22.9. The molecular formula is C46H65N7O12. The molecule has 19 heteroatoms. The number of rotatable bonds is 14. The number of benzene rings is 1. The number of para-hydroxylation sites is 1. The number of aryl methyl sites for hydroxylation is 1. The Morgan fingerprint density at radius 3 is 2.49 bits per heavy atom. The van der Waals surface area contributed by atoms with Crippen molar-refractivity contribution in [2.45, 2.75) is 147 Å². The Hall–Kier alpha value is -4.02. The number of carbonyl (C=O) groups is 2. The number of ether oxygens (including phenoxy) is 8. The molecule has 16 atom stereocenters. The average molecular weight is 908 g/mol. The molecule has 19 nitrogen and oxygen atoms in total. The van der Waals surface area contributed by atoms with Crippen molar-refractivity contribution < 1.29 is 57.7 Å². The fourth-order valence-corrected chi connectivity index (χ4v) is 10.3. The van der Waals surface area contributed by atoms with E-state index in [0.29, 0.717) is 43.6 Å². The van der Waals surface area contributed by atoms with Gasteiger partial charge in [0.05, 0.1) is 43.1 Å². The second-order valence-electron chi connectivity index (χ2n) is 18.5. The van der Waals surface area contributed by atoms with E-state index in [1.54, 1.807) is 16.3 Å². The van der Waals surface area contributed by atoms with Crippen LogP contribution in [0, 0.1) is 23.7 Å². The monoisotopic (exact) mass is 907 g/mol. The molecule has 5 aliphatic rings. The minimum atomic E-state index is -1.06. The number of cyclic esters (lactones) is 1. The number of likely N-dealkylation sites (N-methyl/N-ethyl adjacent to an activating group) is 1. The van der Waals surface area contributed by atoms with Gasteiger partial charge in [0.2, 0.25) is 0 Å². The molecule has 4 fully saturated rings. The molecule has 65 heavy (non-hydrogen) atoms. The maximum absolute atomic E-state index is 14.7. The summed E-state index contributed by atoms with van der Waals surface area (Å²) in [4.78, 5) is 30.6. The number of fused-ring (bicyclic) bond motifs is 3. The van der Waals surface area contributed by atoms with Crippen LogP contribution >= 0.6 is 0 Å². The first kappa shape index (κ1) is 47.5. The van der Waals surface area contributed by atoms with Gasteiger partial charge in [-0.15, -0.1) is 10.2 Å². The van der Waals surface area contributed by atoms with Crippen molar-refractivity contribution in [3.8, 4) is 0 Å². The molecule has 1 aromatic carbocycles. The van der Waals surface area contributed by atoms with Crippen molar-refractivity contribution in [3.05, 3.63) is 59.5 Å². The summed E-state index contributed by atoms with van der Waals surface area (Å²) in [5.74, 6) is -2.09. The van der Waals surface area contributed by atoms with Gasteiger partial charge < -0.3 is 53.0 Å². The number of methoxy groups -OCH3 is 2. The van der Waals surface area contributed by atoms with Crippen molar-refractivity contribution in [1.82, 2.24) is 34.9 Å². The van der Waals surface area contributed by atoms with Gasteiger partial charge in [0.15, 0.2) is 24.7 Å². The van der Waals surface area contributed by atoms with Crippen molar-refractivity contribution in [2.75, 3.05) is 34.9 Å². The highest BCUT2D eigenvalue weighted by atomic mass is 16.8. The first-order chi connectivity index (χ1) is 31.3. The van der Waals surface area contributed by atoms with E-state index in [2.05, 4.69) is 20.6 Å². The lowest BCUT2D eigenvalue weighted by molar-refractivity contribution is -0.304. The van der Waals surface area contributed by atoms with Gasteiger partial charge in [0, 0.05) is 50.5 Å². The summed E-state index contributed by atoms with van der Waals surface area (Å²) in [6, 6.07) is 7.36. The number of allylic oxidation sites excluding steroid dienone is 2. The van der Waals surface area contributed by atoms with Gasteiger partial charge >= 0.3 is 5.97 Å². The molecule has 6 heterocycles. The Morgan fingerprint density at radius 2 is 1.74 bits per heavy atom. The molecule has 1 saturated carbocycles. The van der Waals surface area contributed by atoms with E-state index < -0.39 is 85.3 Å². The van der Waals surface area contributed by atoms with E-state index >= 15 is 0 Å². The molecule has 0 amide bonds. The largest absolute Gasteiger partial charge is 0.462 e. The van der Waals surface area contributed by atoms with Crippen LogP contribution in [0.15, 0.2) is 53.8 Å². The minimum absolute atomic E-state index is 0.00733. The molecule has 0 radical (unpaired) electrons. The van der Waals surface area contributed by atoms with Crippen LogP contribution < -0.4 is 0 Å². The van der Waals surface area contributed by atoms with Gasteiger partial charge in [-0.3, -0.25) is 14.3 Å². The third-order valence-electron chi connectivity index (χ3n) is 13.7. The SMILES string of the molecule is CC[C@H]1OC(=O)CC[C@@H]2/C(=C\C(C)=C\[C@@H]1COC1OC(C)C(O)C(OC)C1OC)C(=O)[C@H](C)C[C@H](CCn1cc(Cn3nnc4ccccc43)nn1)[C@@H]2O[C@@H]1O[C@@H]2OC2C(N(C)C)C1O. The molecule has 356 valence electrons. The van der Waals surface area contributed by atoms with Gasteiger partial charge in [0.1, 0.15) is 47.8 Å². The third kappa shape index (κ3) is 10.3.